The number of esters is 1. The fourth-order valence-electron chi connectivity index (χ4n) is 8.32. The monoisotopic (exact) mass is 643 g/mol. The second-order valence-corrected chi connectivity index (χ2v) is 13.0. The summed E-state index contributed by atoms with van der Waals surface area (Å²) in [6.07, 6.45) is 0.862. The summed E-state index contributed by atoms with van der Waals surface area (Å²) in [6.45, 7) is 5.28. The lowest BCUT2D eigenvalue weighted by Gasteiger charge is -2.60. The minimum absolute atomic E-state index is 0.00264. The number of piperazine rings is 1. The fraction of sp³-hybridized carbons (Fsp3) is 0.444. The van der Waals surface area contributed by atoms with Gasteiger partial charge in [0.15, 0.2) is 23.0 Å². The van der Waals surface area contributed by atoms with E-state index in [1.165, 1.54) is 6.92 Å². The Morgan fingerprint density at radius 2 is 1.79 bits per heavy atom. The number of hydrogen-bond acceptors (Lipinski definition) is 10. The number of carbonyl (C=O) groups is 2. The van der Waals surface area contributed by atoms with Crippen molar-refractivity contribution in [1.29, 1.82) is 0 Å². The number of methoxy groups -OCH3 is 1. The number of carbonyl (C=O) groups excluding carboxylic acids is 2. The summed E-state index contributed by atoms with van der Waals surface area (Å²) >= 11 is 0. The van der Waals surface area contributed by atoms with Gasteiger partial charge in [0.25, 0.3) is 0 Å². The van der Waals surface area contributed by atoms with E-state index in [-0.39, 0.29) is 43.1 Å². The van der Waals surface area contributed by atoms with Crippen LogP contribution in [0.3, 0.4) is 0 Å². The molecule has 11 heteroatoms. The van der Waals surface area contributed by atoms with E-state index in [2.05, 4.69) is 15.1 Å². The highest BCUT2D eigenvalue weighted by molar-refractivity contribution is 5.77. The Hall–Kier alpha value is -4.32. The first-order valence-electron chi connectivity index (χ1n) is 16.1. The fourth-order valence-corrected chi connectivity index (χ4v) is 8.32. The Morgan fingerprint density at radius 1 is 1.04 bits per heavy atom. The maximum Gasteiger partial charge on any atom is 0.308 e. The second-order valence-electron chi connectivity index (χ2n) is 13.0. The number of phenols is 1. The molecule has 1 saturated heterocycles. The van der Waals surface area contributed by atoms with Gasteiger partial charge >= 0.3 is 5.97 Å². The van der Waals surface area contributed by atoms with Gasteiger partial charge in [-0.2, -0.15) is 0 Å². The first-order valence-corrected chi connectivity index (χ1v) is 16.1. The molecule has 0 aliphatic carbocycles. The van der Waals surface area contributed by atoms with Crippen molar-refractivity contribution in [2.45, 2.75) is 76.8 Å². The molecule has 4 aliphatic rings. The Balaban J connectivity index is 1.35. The first-order chi connectivity index (χ1) is 22.6. The number of benzene rings is 3. The number of phenolic OH excluding ortho intramolecular Hbond substituents is 1. The molecule has 1 amide bonds. The third kappa shape index (κ3) is 5.08. The average molecular weight is 644 g/mol. The standard InChI is InChI=1S/C36H41N3O8/c1-18-13-22-14-25-36(43)39-24(30(38(25)4)28(22)31(42)32(18)44-5)15-23-29(35-34(45-17-46-35)19(2)33(23)47-20(3)40)26(39)16-37-27(41)12-11-21-9-7-6-8-10-21/h6-10,13,24-26,30,36,42-43H,11-12,14-17H2,1-5H3,(H,37,41)/t24?,25?,26-,30?,36-/m0/s1. The van der Waals surface area contributed by atoms with E-state index in [1.807, 2.05) is 57.3 Å². The van der Waals surface area contributed by atoms with E-state index >= 15 is 0 Å². The number of rotatable bonds is 7. The van der Waals surface area contributed by atoms with Gasteiger partial charge in [0, 0.05) is 48.2 Å². The van der Waals surface area contributed by atoms with Gasteiger partial charge < -0.3 is 34.5 Å². The van der Waals surface area contributed by atoms with Crippen LogP contribution in [0.4, 0.5) is 0 Å². The van der Waals surface area contributed by atoms with E-state index in [0.717, 1.165) is 33.4 Å². The zero-order valence-electron chi connectivity index (χ0n) is 27.3. The maximum absolute atomic E-state index is 13.3. The molecular weight excluding hydrogens is 602 g/mol. The molecule has 4 aliphatic heterocycles. The molecule has 5 atom stereocenters. The summed E-state index contributed by atoms with van der Waals surface area (Å²) in [5.74, 6) is 1.35. The highest BCUT2D eigenvalue weighted by Gasteiger charge is 2.56. The van der Waals surface area contributed by atoms with Crippen molar-refractivity contribution in [3.63, 3.8) is 0 Å². The zero-order valence-corrected chi connectivity index (χ0v) is 27.3. The third-order valence-electron chi connectivity index (χ3n) is 10.3. The SMILES string of the molecule is COc1c(C)cc2c(c1O)C1C3Cc4c(OC(C)=O)c(C)c5c(c4[C@H](CNC(=O)CCc4ccccc4)N3[C@@H](O)C(C2)N1C)OCO5. The number of ether oxygens (including phenoxy) is 4. The molecule has 3 unspecified atom stereocenters. The molecular formula is C36H41N3O8. The van der Waals surface area contributed by atoms with Gasteiger partial charge in [0.05, 0.1) is 25.2 Å². The lowest BCUT2D eigenvalue weighted by Crippen LogP contribution is -2.69. The molecule has 3 aromatic rings. The number of aryl methyl sites for hydroxylation is 2. The summed E-state index contributed by atoms with van der Waals surface area (Å²) in [6, 6.07) is 10.3. The van der Waals surface area contributed by atoms with Gasteiger partial charge in [-0.25, -0.2) is 0 Å². The first kappa shape index (κ1) is 31.3. The van der Waals surface area contributed by atoms with E-state index in [1.54, 1.807) is 7.11 Å². The number of aromatic hydroxyl groups is 1. The predicted molar refractivity (Wildman–Crippen MR) is 172 cm³/mol. The Morgan fingerprint density at radius 3 is 2.51 bits per heavy atom. The van der Waals surface area contributed by atoms with Crippen molar-refractivity contribution in [3.8, 4) is 28.7 Å². The van der Waals surface area contributed by atoms with Crippen LogP contribution >= 0.6 is 0 Å². The van der Waals surface area contributed by atoms with Gasteiger partial charge in [-0.05, 0) is 56.8 Å². The number of amides is 1. The molecule has 3 N–H and O–H groups in total. The van der Waals surface area contributed by atoms with Gasteiger partial charge in [-0.15, -0.1) is 0 Å². The number of fused-ring (bicyclic) bond motifs is 9. The Kier molecular flexibility index (Phi) is 8.02. The molecule has 11 nitrogen and oxygen atoms in total. The van der Waals surface area contributed by atoms with E-state index < -0.39 is 18.2 Å². The van der Waals surface area contributed by atoms with Crippen LogP contribution in [-0.4, -0.2) is 77.7 Å². The molecule has 0 radical (unpaired) electrons. The van der Waals surface area contributed by atoms with Crippen molar-refractivity contribution in [1.82, 2.24) is 15.1 Å². The summed E-state index contributed by atoms with van der Waals surface area (Å²) in [5.41, 5.74) is 5.76. The van der Waals surface area contributed by atoms with Crippen LogP contribution in [0.25, 0.3) is 0 Å². The number of nitrogens with one attached hydrogen (secondary N) is 1. The summed E-state index contributed by atoms with van der Waals surface area (Å²) in [4.78, 5) is 29.9. The average Bonchev–Trinajstić information content (AvgIpc) is 3.54. The van der Waals surface area contributed by atoms with Crippen molar-refractivity contribution in [2.75, 3.05) is 27.5 Å². The van der Waals surface area contributed by atoms with Gasteiger partial charge in [0.2, 0.25) is 12.7 Å². The van der Waals surface area contributed by atoms with Gasteiger partial charge in [-0.1, -0.05) is 36.4 Å². The molecule has 2 bridgehead atoms. The molecule has 47 heavy (non-hydrogen) atoms. The van der Waals surface area contributed by atoms with Crippen LogP contribution in [0.1, 0.15) is 64.4 Å². The Bertz CT molecular complexity index is 1740. The number of nitrogens with zero attached hydrogens (tertiary/aromatic N) is 2. The minimum Gasteiger partial charge on any atom is -0.504 e. The summed E-state index contributed by atoms with van der Waals surface area (Å²) in [7, 11) is 3.52. The lowest BCUT2D eigenvalue weighted by molar-refractivity contribution is -0.172. The molecule has 4 heterocycles. The van der Waals surface area contributed by atoms with E-state index in [9.17, 15) is 19.8 Å². The van der Waals surface area contributed by atoms with Crippen LogP contribution in [0.5, 0.6) is 28.7 Å². The number of likely N-dealkylation sites (N-methyl/N-ethyl adjacent to an activating group) is 1. The van der Waals surface area contributed by atoms with E-state index in [0.29, 0.717) is 54.2 Å². The lowest BCUT2D eigenvalue weighted by atomic mass is 9.73. The zero-order chi connectivity index (χ0) is 33.1. The van der Waals surface area contributed by atoms with Crippen LogP contribution < -0.4 is 24.3 Å². The third-order valence-corrected chi connectivity index (χ3v) is 10.3. The van der Waals surface area contributed by atoms with Crippen LogP contribution in [0, 0.1) is 13.8 Å². The minimum atomic E-state index is -0.922. The molecule has 1 fully saturated rings. The van der Waals surface area contributed by atoms with Crippen molar-refractivity contribution >= 4 is 11.9 Å². The number of aliphatic hydroxyl groups excluding tert-OH is 1. The largest absolute Gasteiger partial charge is 0.504 e. The normalized spacial score (nSPS) is 24.2. The van der Waals surface area contributed by atoms with Crippen molar-refractivity contribution < 1.29 is 38.7 Å². The van der Waals surface area contributed by atoms with Crippen LogP contribution in [0.2, 0.25) is 0 Å². The van der Waals surface area contributed by atoms with Crippen molar-refractivity contribution in [3.05, 3.63) is 75.3 Å². The van der Waals surface area contributed by atoms with E-state index in [4.69, 9.17) is 18.9 Å². The smallest absolute Gasteiger partial charge is 0.308 e. The van der Waals surface area contributed by atoms with Crippen LogP contribution in [-0.2, 0) is 28.9 Å². The molecule has 0 spiro atoms. The Labute approximate surface area is 274 Å². The van der Waals surface area contributed by atoms with Crippen molar-refractivity contribution in [2.24, 2.45) is 0 Å². The maximum atomic E-state index is 13.3. The molecule has 248 valence electrons. The number of hydrogen-bond donors (Lipinski definition) is 3. The molecule has 7 rings (SSSR count). The predicted octanol–water partition coefficient (Wildman–Crippen LogP) is 3.62. The highest BCUT2D eigenvalue weighted by atomic mass is 16.7. The molecule has 0 saturated carbocycles. The highest BCUT2D eigenvalue weighted by Crippen LogP contribution is 2.58. The molecule has 0 aromatic heterocycles. The van der Waals surface area contributed by atoms with Gasteiger partial charge in [0.1, 0.15) is 12.0 Å². The second kappa shape index (κ2) is 12.0. The summed E-state index contributed by atoms with van der Waals surface area (Å²) in [5, 5.41) is 27.0. The quantitative estimate of drug-likeness (QED) is 0.259. The summed E-state index contributed by atoms with van der Waals surface area (Å²) < 4.78 is 23.5. The number of aliphatic hydroxyl groups is 1. The van der Waals surface area contributed by atoms with Crippen LogP contribution in [0.15, 0.2) is 36.4 Å². The molecule has 3 aromatic carbocycles. The topological polar surface area (TPSA) is 130 Å². The van der Waals surface area contributed by atoms with Gasteiger partial charge in [-0.3, -0.25) is 19.4 Å².